The fourth-order valence-corrected chi connectivity index (χ4v) is 7.79. The molecule has 4 aliphatic carbocycles. The second kappa shape index (κ2) is 6.11. The number of aliphatic hydroxyl groups excluding tert-OH is 1. The lowest BCUT2D eigenvalue weighted by Gasteiger charge is -2.60. The molecule has 0 aliphatic heterocycles. The molecular weight excluding hydrogens is 408 g/mol. The summed E-state index contributed by atoms with van der Waals surface area (Å²) in [7, 11) is 0. The van der Waals surface area contributed by atoms with Crippen molar-refractivity contribution in [1.82, 2.24) is 0 Å². The summed E-state index contributed by atoms with van der Waals surface area (Å²) in [5.41, 5.74) is -1.18. The fraction of sp³-hybridized carbons (Fsp3) is 0.727. The molecule has 0 unspecified atom stereocenters. The zero-order chi connectivity index (χ0) is 19.8. The van der Waals surface area contributed by atoms with E-state index in [1.54, 1.807) is 12.2 Å². The number of halogens is 1. The van der Waals surface area contributed by atoms with Crippen molar-refractivity contribution < 1.29 is 19.8 Å². The average Bonchev–Trinajstić information content (AvgIpc) is 2.87. The van der Waals surface area contributed by atoms with Gasteiger partial charge in [-0.05, 0) is 55.6 Å². The van der Waals surface area contributed by atoms with Gasteiger partial charge in [0.15, 0.2) is 11.6 Å². The zero-order valence-corrected chi connectivity index (χ0v) is 17.8. The van der Waals surface area contributed by atoms with Crippen LogP contribution in [-0.4, -0.2) is 38.8 Å². The molecule has 2 N–H and O–H groups in total. The molecule has 0 saturated heterocycles. The van der Waals surface area contributed by atoms with Gasteiger partial charge in [-0.1, -0.05) is 48.4 Å². The van der Waals surface area contributed by atoms with Crippen LogP contribution in [0.1, 0.15) is 46.5 Å². The largest absolute Gasteiger partial charge is 0.393 e. The third-order valence-corrected chi connectivity index (χ3v) is 9.06. The standard InChI is InChI=1S/C22H29BrO4/c1-12-8-14-15-5-7-22(27,18(26)11-23)21(15,3)10-17(25)19(14)20(2)6-4-13(24)9-16(12)20/h4,6,9,12,14-15,17,19,25,27H,5,7-8,10-11H2,1-3H3/t12-,14-,15-,17-,19+,20-,21-,22-/m0/s1. The van der Waals surface area contributed by atoms with E-state index in [1.165, 1.54) is 0 Å². The summed E-state index contributed by atoms with van der Waals surface area (Å²) in [6.45, 7) is 6.31. The monoisotopic (exact) mass is 436 g/mol. The predicted molar refractivity (Wildman–Crippen MR) is 106 cm³/mol. The molecule has 148 valence electrons. The van der Waals surface area contributed by atoms with E-state index in [1.807, 2.05) is 13.0 Å². The highest BCUT2D eigenvalue weighted by molar-refractivity contribution is 9.09. The first-order valence-corrected chi connectivity index (χ1v) is 11.2. The van der Waals surface area contributed by atoms with Gasteiger partial charge in [-0.25, -0.2) is 0 Å². The number of fused-ring (bicyclic) bond motifs is 5. The third-order valence-electron chi connectivity index (χ3n) is 8.55. The van der Waals surface area contributed by atoms with Crippen LogP contribution in [0.25, 0.3) is 0 Å². The lowest BCUT2D eigenvalue weighted by Crippen LogP contribution is -2.62. The van der Waals surface area contributed by atoms with Crippen molar-refractivity contribution in [1.29, 1.82) is 0 Å². The molecule has 4 nitrogen and oxygen atoms in total. The van der Waals surface area contributed by atoms with Gasteiger partial charge in [0.1, 0.15) is 5.60 Å². The average molecular weight is 437 g/mol. The van der Waals surface area contributed by atoms with Gasteiger partial charge in [0.25, 0.3) is 0 Å². The van der Waals surface area contributed by atoms with Crippen LogP contribution in [0.4, 0.5) is 0 Å². The minimum atomic E-state index is -1.37. The summed E-state index contributed by atoms with van der Waals surface area (Å²) in [6, 6.07) is 0. The van der Waals surface area contributed by atoms with Gasteiger partial charge in [0, 0.05) is 16.7 Å². The topological polar surface area (TPSA) is 74.6 Å². The van der Waals surface area contributed by atoms with E-state index >= 15 is 0 Å². The first-order valence-electron chi connectivity index (χ1n) is 10.0. The van der Waals surface area contributed by atoms with E-state index in [0.29, 0.717) is 12.8 Å². The van der Waals surface area contributed by atoms with Crippen LogP contribution < -0.4 is 0 Å². The minimum Gasteiger partial charge on any atom is -0.393 e. The van der Waals surface area contributed by atoms with Crippen molar-refractivity contribution in [2.24, 2.45) is 34.5 Å². The number of carbonyl (C=O) groups excluding carboxylic acids is 2. The maximum Gasteiger partial charge on any atom is 0.178 e. The summed E-state index contributed by atoms with van der Waals surface area (Å²) in [4.78, 5) is 24.6. The number of rotatable bonds is 2. The molecule has 0 radical (unpaired) electrons. The quantitative estimate of drug-likeness (QED) is 0.651. The molecule has 4 aliphatic rings. The predicted octanol–water partition coefficient (Wildman–Crippen LogP) is 3.21. The van der Waals surface area contributed by atoms with Crippen molar-refractivity contribution in [3.63, 3.8) is 0 Å². The zero-order valence-electron chi connectivity index (χ0n) is 16.2. The Balaban J connectivity index is 1.78. The molecule has 3 saturated carbocycles. The number of Topliss-reactive ketones (excluding diaryl/α,β-unsaturated/α-hetero) is 1. The van der Waals surface area contributed by atoms with E-state index in [9.17, 15) is 19.8 Å². The molecule has 0 bridgehead atoms. The SMILES string of the molecule is C[C@H]1C[C@@H]2[C@H]([C@@H](O)C[C@@]3(C)[C@H]2CC[C@]3(O)C(=O)CBr)[C@@]2(C)C=CC(=O)C=C12. The number of allylic oxidation sites excluding steroid dienone is 4. The number of carbonyl (C=O) groups is 2. The van der Waals surface area contributed by atoms with Gasteiger partial charge < -0.3 is 10.2 Å². The van der Waals surface area contributed by atoms with Crippen molar-refractivity contribution in [3.05, 3.63) is 23.8 Å². The molecule has 5 heteroatoms. The second-order valence-electron chi connectivity index (χ2n) is 9.70. The molecule has 0 amide bonds. The highest BCUT2D eigenvalue weighted by Gasteiger charge is 2.68. The van der Waals surface area contributed by atoms with Crippen LogP contribution >= 0.6 is 15.9 Å². The number of hydrogen-bond donors (Lipinski definition) is 2. The first-order chi connectivity index (χ1) is 12.6. The van der Waals surface area contributed by atoms with Crippen LogP contribution in [0.5, 0.6) is 0 Å². The first kappa shape index (κ1) is 19.5. The number of hydrogen-bond acceptors (Lipinski definition) is 4. The normalized spacial score (nSPS) is 51.3. The second-order valence-corrected chi connectivity index (χ2v) is 10.3. The van der Waals surface area contributed by atoms with Gasteiger partial charge >= 0.3 is 0 Å². The van der Waals surface area contributed by atoms with E-state index in [2.05, 4.69) is 29.8 Å². The van der Waals surface area contributed by atoms with Crippen LogP contribution in [0.2, 0.25) is 0 Å². The fourth-order valence-electron chi connectivity index (χ4n) is 7.32. The van der Waals surface area contributed by atoms with Crippen LogP contribution in [0.3, 0.4) is 0 Å². The van der Waals surface area contributed by atoms with Crippen molar-refractivity contribution in [2.75, 3.05) is 5.33 Å². The Hall–Kier alpha value is -0.780. The van der Waals surface area contributed by atoms with Gasteiger partial charge in [-0.3, -0.25) is 9.59 Å². The third kappa shape index (κ3) is 2.40. The molecule has 0 heterocycles. The molecule has 4 rings (SSSR count). The van der Waals surface area contributed by atoms with Crippen LogP contribution in [0.15, 0.2) is 23.8 Å². The minimum absolute atomic E-state index is 0.0174. The van der Waals surface area contributed by atoms with Gasteiger partial charge in [0.2, 0.25) is 0 Å². The molecule has 8 atom stereocenters. The van der Waals surface area contributed by atoms with Gasteiger partial charge in [-0.15, -0.1) is 0 Å². The van der Waals surface area contributed by atoms with Gasteiger partial charge in [0.05, 0.1) is 11.4 Å². The lowest BCUT2D eigenvalue weighted by atomic mass is 9.45. The van der Waals surface area contributed by atoms with Crippen LogP contribution in [0, 0.1) is 34.5 Å². The van der Waals surface area contributed by atoms with E-state index in [-0.39, 0.29) is 46.0 Å². The summed E-state index contributed by atoms with van der Waals surface area (Å²) >= 11 is 3.23. The molecule has 27 heavy (non-hydrogen) atoms. The summed E-state index contributed by atoms with van der Waals surface area (Å²) < 4.78 is 0. The van der Waals surface area contributed by atoms with Crippen LogP contribution in [-0.2, 0) is 9.59 Å². The Morgan fingerprint density at radius 1 is 1.37 bits per heavy atom. The maximum absolute atomic E-state index is 12.6. The highest BCUT2D eigenvalue weighted by Crippen LogP contribution is 2.67. The molecule has 0 aromatic rings. The molecule has 0 aromatic carbocycles. The van der Waals surface area contributed by atoms with E-state index in [0.717, 1.165) is 18.4 Å². The van der Waals surface area contributed by atoms with Crippen molar-refractivity contribution in [2.45, 2.75) is 58.2 Å². The van der Waals surface area contributed by atoms with Crippen molar-refractivity contribution >= 4 is 27.5 Å². The van der Waals surface area contributed by atoms with Crippen molar-refractivity contribution in [3.8, 4) is 0 Å². The number of ketones is 2. The smallest absolute Gasteiger partial charge is 0.178 e. The summed E-state index contributed by atoms with van der Waals surface area (Å²) in [5, 5.41) is 22.8. The Labute approximate surface area is 169 Å². The van der Waals surface area contributed by atoms with E-state index < -0.39 is 17.1 Å². The number of alkyl halides is 1. The highest BCUT2D eigenvalue weighted by atomic mass is 79.9. The van der Waals surface area contributed by atoms with E-state index in [4.69, 9.17) is 0 Å². The summed E-state index contributed by atoms with van der Waals surface area (Å²) in [6.07, 6.45) is 7.38. The Morgan fingerprint density at radius 3 is 2.74 bits per heavy atom. The molecule has 0 aromatic heterocycles. The Morgan fingerprint density at radius 2 is 2.07 bits per heavy atom. The Bertz CT molecular complexity index is 757. The molecular formula is C22H29BrO4. The molecule has 3 fully saturated rings. The summed E-state index contributed by atoms with van der Waals surface area (Å²) in [5.74, 6) is 0.554. The van der Waals surface area contributed by atoms with Gasteiger partial charge in [-0.2, -0.15) is 0 Å². The maximum atomic E-state index is 12.6. The molecule has 0 spiro atoms. The lowest BCUT2D eigenvalue weighted by molar-refractivity contribution is -0.176. The Kier molecular flexibility index (Phi) is 4.42. The number of aliphatic hydroxyl groups is 2.